The Labute approximate surface area is 156 Å². The molecule has 2 aromatic rings. The quantitative estimate of drug-likeness (QED) is 0.616. The van der Waals surface area contributed by atoms with Gasteiger partial charge in [-0.05, 0) is 17.7 Å². The largest absolute Gasteiger partial charge is 0.467 e. The SMILES string of the molecule is COC(=O)[C@@]1(Cc2ccccc2)N=C[C@H]2C(=O)N(c3ccccc3)C(=O)[C@H]21. The second-order valence-corrected chi connectivity index (χ2v) is 6.71. The van der Waals surface area contributed by atoms with Gasteiger partial charge in [-0.15, -0.1) is 0 Å². The fraction of sp³-hybridized carbons (Fsp3) is 0.238. The number of fused-ring (bicyclic) bond motifs is 1. The number of amides is 2. The minimum atomic E-state index is -1.43. The number of carbonyl (C=O) groups is 3. The fourth-order valence-corrected chi connectivity index (χ4v) is 3.96. The van der Waals surface area contributed by atoms with Gasteiger partial charge in [0.25, 0.3) is 0 Å². The van der Waals surface area contributed by atoms with Gasteiger partial charge in [0.2, 0.25) is 11.8 Å². The average molecular weight is 362 g/mol. The lowest BCUT2D eigenvalue weighted by molar-refractivity contribution is -0.151. The van der Waals surface area contributed by atoms with Crippen molar-refractivity contribution in [3.05, 3.63) is 66.2 Å². The second kappa shape index (κ2) is 6.46. The van der Waals surface area contributed by atoms with Crippen LogP contribution in [-0.2, 0) is 25.5 Å². The number of methoxy groups -OCH3 is 1. The molecular formula is C21H18N2O4. The summed E-state index contributed by atoms with van der Waals surface area (Å²) in [5.74, 6) is -3.06. The van der Waals surface area contributed by atoms with E-state index in [1.54, 1.807) is 24.3 Å². The van der Waals surface area contributed by atoms with Crippen LogP contribution in [0.15, 0.2) is 65.7 Å². The molecule has 0 aliphatic carbocycles. The van der Waals surface area contributed by atoms with Gasteiger partial charge in [0.05, 0.1) is 24.6 Å². The molecule has 2 amide bonds. The number of imide groups is 1. The summed E-state index contributed by atoms with van der Waals surface area (Å²) in [6.45, 7) is 0. The summed E-state index contributed by atoms with van der Waals surface area (Å²) >= 11 is 0. The summed E-state index contributed by atoms with van der Waals surface area (Å²) < 4.78 is 5.01. The highest BCUT2D eigenvalue weighted by Gasteiger charge is 2.64. The van der Waals surface area contributed by atoms with Crippen LogP contribution in [0.1, 0.15) is 5.56 Å². The van der Waals surface area contributed by atoms with Gasteiger partial charge in [0, 0.05) is 12.6 Å². The monoisotopic (exact) mass is 362 g/mol. The maximum absolute atomic E-state index is 13.2. The second-order valence-electron chi connectivity index (χ2n) is 6.71. The molecule has 0 bridgehead atoms. The van der Waals surface area contributed by atoms with Gasteiger partial charge < -0.3 is 4.74 Å². The van der Waals surface area contributed by atoms with Crippen LogP contribution >= 0.6 is 0 Å². The van der Waals surface area contributed by atoms with Gasteiger partial charge in [-0.1, -0.05) is 48.5 Å². The first-order valence-corrected chi connectivity index (χ1v) is 8.69. The van der Waals surface area contributed by atoms with E-state index < -0.39 is 29.3 Å². The summed E-state index contributed by atoms with van der Waals surface area (Å²) in [7, 11) is 1.27. The minimum absolute atomic E-state index is 0.194. The van der Waals surface area contributed by atoms with E-state index in [1.165, 1.54) is 13.3 Å². The lowest BCUT2D eigenvalue weighted by atomic mass is 9.76. The number of rotatable bonds is 4. The molecule has 1 saturated heterocycles. The minimum Gasteiger partial charge on any atom is -0.467 e. The van der Waals surface area contributed by atoms with Crippen LogP contribution in [-0.4, -0.2) is 36.6 Å². The number of anilines is 1. The van der Waals surface area contributed by atoms with Crippen LogP contribution in [0.25, 0.3) is 0 Å². The maximum atomic E-state index is 13.2. The Morgan fingerprint density at radius 2 is 1.67 bits per heavy atom. The number of benzene rings is 2. The van der Waals surface area contributed by atoms with E-state index in [4.69, 9.17) is 4.74 Å². The normalized spacial score (nSPS) is 26.3. The van der Waals surface area contributed by atoms with E-state index in [9.17, 15) is 14.4 Å². The van der Waals surface area contributed by atoms with Crippen molar-refractivity contribution in [1.82, 2.24) is 0 Å². The van der Waals surface area contributed by atoms with Crippen LogP contribution in [0.4, 0.5) is 5.69 Å². The summed E-state index contributed by atoms with van der Waals surface area (Å²) in [4.78, 5) is 44.4. The van der Waals surface area contributed by atoms with Crippen molar-refractivity contribution in [2.24, 2.45) is 16.8 Å². The molecule has 0 aromatic heterocycles. The third-order valence-corrected chi connectivity index (χ3v) is 5.20. The summed E-state index contributed by atoms with van der Waals surface area (Å²) in [5.41, 5.74) is -0.0929. The van der Waals surface area contributed by atoms with E-state index in [1.807, 2.05) is 36.4 Å². The Hall–Kier alpha value is -3.28. The number of nitrogens with zero attached hydrogens (tertiary/aromatic N) is 2. The van der Waals surface area contributed by atoms with Crippen molar-refractivity contribution in [3.63, 3.8) is 0 Å². The molecule has 0 radical (unpaired) electrons. The zero-order chi connectivity index (χ0) is 19.0. The van der Waals surface area contributed by atoms with Crippen LogP contribution in [0, 0.1) is 11.8 Å². The number of hydrogen-bond donors (Lipinski definition) is 0. The van der Waals surface area contributed by atoms with Crippen molar-refractivity contribution in [2.75, 3.05) is 12.0 Å². The Bertz CT molecular complexity index is 926. The van der Waals surface area contributed by atoms with Crippen molar-refractivity contribution in [1.29, 1.82) is 0 Å². The van der Waals surface area contributed by atoms with Crippen molar-refractivity contribution >= 4 is 29.7 Å². The van der Waals surface area contributed by atoms with Crippen LogP contribution < -0.4 is 4.90 Å². The molecular weight excluding hydrogens is 344 g/mol. The third kappa shape index (κ3) is 2.56. The van der Waals surface area contributed by atoms with Gasteiger partial charge in [0.1, 0.15) is 0 Å². The zero-order valence-electron chi connectivity index (χ0n) is 14.7. The Kier molecular flexibility index (Phi) is 4.11. The predicted octanol–water partition coefficient (Wildman–Crippen LogP) is 2.03. The standard InChI is InChI=1S/C21H18N2O4/c1-27-20(26)21(12-14-8-4-2-5-9-14)17-16(13-22-21)18(24)23(19(17)25)15-10-6-3-7-11-15/h2-11,13,16-17H,12H2,1H3/t16-,17+,21+/m1/s1. The number of carbonyl (C=O) groups excluding carboxylic acids is 3. The first kappa shape index (κ1) is 17.1. The first-order chi connectivity index (χ1) is 13.1. The van der Waals surface area contributed by atoms with Gasteiger partial charge in [-0.25, -0.2) is 9.69 Å². The fourth-order valence-electron chi connectivity index (χ4n) is 3.96. The Balaban J connectivity index is 1.77. The Morgan fingerprint density at radius 3 is 2.30 bits per heavy atom. The molecule has 6 nitrogen and oxygen atoms in total. The van der Waals surface area contributed by atoms with Crippen LogP contribution in [0.2, 0.25) is 0 Å². The highest BCUT2D eigenvalue weighted by atomic mass is 16.5. The van der Waals surface area contributed by atoms with E-state index in [-0.39, 0.29) is 12.3 Å². The first-order valence-electron chi connectivity index (χ1n) is 8.69. The number of esters is 1. The summed E-state index contributed by atoms with van der Waals surface area (Å²) in [5, 5.41) is 0. The highest BCUT2D eigenvalue weighted by molar-refractivity contribution is 6.28. The van der Waals surface area contributed by atoms with Crippen molar-refractivity contribution in [2.45, 2.75) is 12.0 Å². The van der Waals surface area contributed by atoms with Crippen LogP contribution in [0.3, 0.4) is 0 Å². The topological polar surface area (TPSA) is 76.0 Å². The zero-order valence-corrected chi connectivity index (χ0v) is 14.7. The number of para-hydroxylation sites is 1. The number of ether oxygens (including phenoxy) is 1. The van der Waals surface area contributed by atoms with Crippen molar-refractivity contribution < 1.29 is 19.1 Å². The van der Waals surface area contributed by atoms with E-state index in [0.717, 1.165) is 10.5 Å². The smallest absolute Gasteiger partial charge is 0.334 e. The van der Waals surface area contributed by atoms with Crippen LogP contribution in [0.5, 0.6) is 0 Å². The number of hydrogen-bond acceptors (Lipinski definition) is 5. The molecule has 1 fully saturated rings. The molecule has 2 aliphatic heterocycles. The van der Waals surface area contributed by atoms with Gasteiger partial charge in [0.15, 0.2) is 5.54 Å². The highest BCUT2D eigenvalue weighted by Crippen LogP contribution is 2.44. The Morgan fingerprint density at radius 1 is 1.04 bits per heavy atom. The van der Waals surface area contributed by atoms with Gasteiger partial charge >= 0.3 is 5.97 Å². The maximum Gasteiger partial charge on any atom is 0.334 e. The summed E-state index contributed by atoms with van der Waals surface area (Å²) in [6.07, 6.45) is 1.63. The van der Waals surface area contributed by atoms with Crippen molar-refractivity contribution in [3.8, 4) is 0 Å². The molecule has 4 rings (SSSR count). The predicted molar refractivity (Wildman–Crippen MR) is 99.3 cm³/mol. The molecule has 0 spiro atoms. The van der Waals surface area contributed by atoms with E-state index >= 15 is 0 Å². The molecule has 0 unspecified atom stereocenters. The molecule has 2 aromatic carbocycles. The summed E-state index contributed by atoms with van der Waals surface area (Å²) in [6, 6.07) is 18.0. The van der Waals surface area contributed by atoms with E-state index in [0.29, 0.717) is 5.69 Å². The molecule has 0 saturated carbocycles. The molecule has 3 atom stereocenters. The lowest BCUT2D eigenvalue weighted by Gasteiger charge is -2.29. The molecule has 0 N–H and O–H groups in total. The third-order valence-electron chi connectivity index (χ3n) is 5.20. The molecule has 27 heavy (non-hydrogen) atoms. The molecule has 2 heterocycles. The molecule has 2 aliphatic rings. The molecule has 6 heteroatoms. The molecule has 136 valence electrons. The van der Waals surface area contributed by atoms with Gasteiger partial charge in [-0.2, -0.15) is 0 Å². The lowest BCUT2D eigenvalue weighted by Crippen LogP contribution is -2.49. The van der Waals surface area contributed by atoms with E-state index in [2.05, 4.69) is 4.99 Å². The van der Waals surface area contributed by atoms with Gasteiger partial charge in [-0.3, -0.25) is 14.6 Å². The number of aliphatic imine (C=N–C) groups is 1. The average Bonchev–Trinajstić information content (AvgIpc) is 3.20.